The molecule has 3 nitrogen and oxygen atoms in total. The zero-order chi connectivity index (χ0) is 15.3. The Morgan fingerprint density at radius 3 is 2.14 bits per heavy atom. The third kappa shape index (κ3) is 3.14. The molecule has 2 aromatic rings. The lowest BCUT2D eigenvalue weighted by molar-refractivity contribution is -0.133. The van der Waals surface area contributed by atoms with Gasteiger partial charge in [-0.3, -0.25) is 4.79 Å². The van der Waals surface area contributed by atoms with E-state index in [0.29, 0.717) is 11.1 Å². The fourth-order valence-electron chi connectivity index (χ4n) is 2.42. The molecule has 1 unspecified atom stereocenters. The van der Waals surface area contributed by atoms with Gasteiger partial charge in [-0.05, 0) is 29.5 Å². The number of carbonyl (C=O) groups excluding carboxylic acids is 1. The van der Waals surface area contributed by atoms with E-state index in [0.717, 1.165) is 19.3 Å². The predicted octanol–water partition coefficient (Wildman–Crippen LogP) is 2.75. The fraction of sp³-hybridized carbons (Fsp3) is 0.278. The lowest BCUT2D eigenvalue weighted by atomic mass is 9.85. The Labute approximate surface area is 125 Å². The number of aryl methyl sites for hydroxylation is 1. The second kappa shape index (κ2) is 6.55. The summed E-state index contributed by atoms with van der Waals surface area (Å²) in [5.74, 6) is -0.769. The number of hydrogen-bond donors (Lipinski definition) is 2. The summed E-state index contributed by atoms with van der Waals surface area (Å²) in [7, 11) is 0. The van der Waals surface area contributed by atoms with Crippen LogP contribution in [0.2, 0.25) is 0 Å². The van der Waals surface area contributed by atoms with Gasteiger partial charge in [-0.2, -0.15) is 0 Å². The fourth-order valence-corrected chi connectivity index (χ4v) is 2.42. The molecule has 0 aliphatic carbocycles. The summed E-state index contributed by atoms with van der Waals surface area (Å²) >= 11 is 0. The molecule has 1 amide bonds. The summed E-state index contributed by atoms with van der Waals surface area (Å²) in [6.07, 6.45) is 3.26. The van der Waals surface area contributed by atoms with Crippen molar-refractivity contribution in [1.29, 1.82) is 0 Å². The monoisotopic (exact) mass is 283 g/mol. The second-order valence-electron chi connectivity index (χ2n) is 5.24. The number of hydrogen-bond acceptors (Lipinski definition) is 2. The molecule has 3 N–H and O–H groups in total. The van der Waals surface area contributed by atoms with Crippen molar-refractivity contribution in [3.8, 4) is 0 Å². The molecule has 0 spiro atoms. The van der Waals surface area contributed by atoms with Crippen LogP contribution < -0.4 is 5.73 Å². The van der Waals surface area contributed by atoms with E-state index >= 15 is 0 Å². The van der Waals surface area contributed by atoms with Gasteiger partial charge in [-0.25, -0.2) is 0 Å². The Morgan fingerprint density at radius 2 is 1.62 bits per heavy atom. The number of unbranched alkanes of at least 4 members (excludes halogenated alkanes) is 1. The molecule has 0 saturated carbocycles. The molecule has 0 radical (unpaired) electrons. The van der Waals surface area contributed by atoms with Crippen molar-refractivity contribution in [2.75, 3.05) is 0 Å². The van der Waals surface area contributed by atoms with Crippen molar-refractivity contribution in [2.45, 2.75) is 31.8 Å². The van der Waals surface area contributed by atoms with Crippen molar-refractivity contribution in [3.05, 3.63) is 71.3 Å². The van der Waals surface area contributed by atoms with Crippen molar-refractivity contribution >= 4 is 5.91 Å². The van der Waals surface area contributed by atoms with E-state index < -0.39 is 11.5 Å². The van der Waals surface area contributed by atoms with Crippen LogP contribution in [0.5, 0.6) is 0 Å². The van der Waals surface area contributed by atoms with Crippen LogP contribution in [0.3, 0.4) is 0 Å². The average molecular weight is 283 g/mol. The number of amides is 1. The van der Waals surface area contributed by atoms with Crippen LogP contribution >= 0.6 is 0 Å². The molecule has 0 heterocycles. The van der Waals surface area contributed by atoms with Gasteiger partial charge in [0.25, 0.3) is 5.91 Å². The summed E-state index contributed by atoms with van der Waals surface area (Å²) < 4.78 is 0. The molecule has 0 fully saturated rings. The molecule has 21 heavy (non-hydrogen) atoms. The van der Waals surface area contributed by atoms with Gasteiger partial charge in [0.1, 0.15) is 0 Å². The average Bonchev–Trinajstić information content (AvgIpc) is 2.53. The first kappa shape index (κ1) is 15.3. The summed E-state index contributed by atoms with van der Waals surface area (Å²) in [6.45, 7) is 2.15. The minimum atomic E-state index is -1.79. The van der Waals surface area contributed by atoms with Gasteiger partial charge in [0.15, 0.2) is 5.60 Å². The molecule has 110 valence electrons. The Kier molecular flexibility index (Phi) is 4.76. The number of aliphatic hydroxyl groups is 1. The Balaban J connectivity index is 2.37. The van der Waals surface area contributed by atoms with Crippen LogP contribution in [0.25, 0.3) is 0 Å². The van der Waals surface area contributed by atoms with E-state index in [9.17, 15) is 9.90 Å². The van der Waals surface area contributed by atoms with Gasteiger partial charge in [0.05, 0.1) is 0 Å². The van der Waals surface area contributed by atoms with Crippen molar-refractivity contribution in [3.63, 3.8) is 0 Å². The largest absolute Gasteiger partial charge is 0.372 e. The first-order valence-corrected chi connectivity index (χ1v) is 7.26. The molecule has 0 aliphatic heterocycles. The van der Waals surface area contributed by atoms with E-state index in [1.165, 1.54) is 5.56 Å². The minimum Gasteiger partial charge on any atom is -0.372 e. The van der Waals surface area contributed by atoms with E-state index in [1.807, 2.05) is 18.2 Å². The van der Waals surface area contributed by atoms with E-state index in [2.05, 4.69) is 6.92 Å². The SMILES string of the molecule is CCCCc1ccc(C(O)(C(N)=O)c2ccccc2)cc1. The molecule has 0 aliphatic rings. The first-order chi connectivity index (χ1) is 10.1. The van der Waals surface area contributed by atoms with Crippen LogP contribution in [-0.4, -0.2) is 11.0 Å². The molecule has 3 heteroatoms. The normalized spacial score (nSPS) is 13.6. The smallest absolute Gasteiger partial charge is 0.258 e. The summed E-state index contributed by atoms with van der Waals surface area (Å²) in [6, 6.07) is 16.2. The van der Waals surface area contributed by atoms with Gasteiger partial charge >= 0.3 is 0 Å². The maximum atomic E-state index is 11.9. The van der Waals surface area contributed by atoms with Gasteiger partial charge in [0.2, 0.25) is 0 Å². The molecule has 2 rings (SSSR count). The van der Waals surface area contributed by atoms with Gasteiger partial charge in [-0.1, -0.05) is 67.9 Å². The number of benzene rings is 2. The number of nitrogens with two attached hydrogens (primary N) is 1. The lowest BCUT2D eigenvalue weighted by Crippen LogP contribution is -2.42. The number of rotatable bonds is 6. The van der Waals surface area contributed by atoms with Crippen LogP contribution in [0, 0.1) is 0 Å². The molecule has 0 saturated heterocycles. The summed E-state index contributed by atoms with van der Waals surface area (Å²) in [5.41, 5.74) is 5.86. The summed E-state index contributed by atoms with van der Waals surface area (Å²) in [4.78, 5) is 11.9. The molecular formula is C18H21NO2. The van der Waals surface area contributed by atoms with Crippen LogP contribution in [-0.2, 0) is 16.8 Å². The van der Waals surface area contributed by atoms with Crippen molar-refractivity contribution < 1.29 is 9.90 Å². The Hall–Kier alpha value is -2.13. The first-order valence-electron chi connectivity index (χ1n) is 7.26. The highest BCUT2D eigenvalue weighted by molar-refractivity contribution is 5.88. The third-order valence-corrected chi connectivity index (χ3v) is 3.74. The predicted molar refractivity (Wildman–Crippen MR) is 83.7 cm³/mol. The zero-order valence-electron chi connectivity index (χ0n) is 12.3. The number of carbonyl (C=O) groups is 1. The lowest BCUT2D eigenvalue weighted by Gasteiger charge is -2.25. The topological polar surface area (TPSA) is 63.3 Å². The Bertz CT molecular complexity index is 592. The highest BCUT2D eigenvalue weighted by atomic mass is 16.3. The van der Waals surface area contributed by atoms with Crippen molar-refractivity contribution in [2.24, 2.45) is 5.73 Å². The second-order valence-corrected chi connectivity index (χ2v) is 5.24. The van der Waals surface area contributed by atoms with Gasteiger partial charge in [0, 0.05) is 0 Å². The third-order valence-electron chi connectivity index (χ3n) is 3.74. The quantitative estimate of drug-likeness (QED) is 0.856. The standard InChI is InChI=1S/C18H21NO2/c1-2-3-7-14-10-12-16(13-11-14)18(21,17(19)20)15-8-5-4-6-9-15/h4-6,8-13,21H,2-3,7H2,1H3,(H2,19,20). The maximum absolute atomic E-state index is 11.9. The highest BCUT2D eigenvalue weighted by Gasteiger charge is 2.37. The number of primary amides is 1. The molecule has 2 aromatic carbocycles. The highest BCUT2D eigenvalue weighted by Crippen LogP contribution is 2.29. The molecular weight excluding hydrogens is 262 g/mol. The molecule has 0 aromatic heterocycles. The van der Waals surface area contributed by atoms with E-state index in [1.54, 1.807) is 36.4 Å². The minimum absolute atomic E-state index is 0.485. The van der Waals surface area contributed by atoms with Gasteiger partial charge in [-0.15, -0.1) is 0 Å². The van der Waals surface area contributed by atoms with Crippen molar-refractivity contribution in [1.82, 2.24) is 0 Å². The van der Waals surface area contributed by atoms with Crippen LogP contribution in [0.4, 0.5) is 0 Å². The van der Waals surface area contributed by atoms with Crippen LogP contribution in [0.1, 0.15) is 36.5 Å². The van der Waals surface area contributed by atoms with Crippen LogP contribution in [0.15, 0.2) is 54.6 Å². The van der Waals surface area contributed by atoms with E-state index in [4.69, 9.17) is 5.73 Å². The maximum Gasteiger partial charge on any atom is 0.258 e. The molecule has 1 atom stereocenters. The Morgan fingerprint density at radius 1 is 1.05 bits per heavy atom. The molecule has 0 bridgehead atoms. The van der Waals surface area contributed by atoms with E-state index in [-0.39, 0.29) is 0 Å². The van der Waals surface area contributed by atoms with Gasteiger partial charge < -0.3 is 10.8 Å². The summed E-state index contributed by atoms with van der Waals surface area (Å²) in [5, 5.41) is 10.8. The zero-order valence-corrected chi connectivity index (χ0v) is 12.3.